The van der Waals surface area contributed by atoms with E-state index in [4.69, 9.17) is 0 Å². The molecular formula is C15H15NO. The van der Waals surface area contributed by atoms with Crippen LogP contribution in [0.25, 0.3) is 10.9 Å². The van der Waals surface area contributed by atoms with Gasteiger partial charge < -0.3 is 0 Å². The van der Waals surface area contributed by atoms with Crippen molar-refractivity contribution in [3.05, 3.63) is 53.7 Å². The summed E-state index contributed by atoms with van der Waals surface area (Å²) in [6.07, 6.45) is 4.39. The van der Waals surface area contributed by atoms with Gasteiger partial charge in [-0.25, -0.2) is 0 Å². The maximum atomic E-state index is 12.3. The Balaban J connectivity index is 2.60. The Bertz CT molecular complexity index is 579. The predicted molar refractivity (Wildman–Crippen MR) is 70.1 cm³/mol. The van der Waals surface area contributed by atoms with Gasteiger partial charge in [-0.2, -0.15) is 0 Å². The first-order valence-corrected chi connectivity index (χ1v) is 5.81. The van der Waals surface area contributed by atoms with Gasteiger partial charge in [-0.05, 0) is 31.1 Å². The van der Waals surface area contributed by atoms with E-state index in [2.05, 4.69) is 4.98 Å². The van der Waals surface area contributed by atoms with Crippen LogP contribution in [0.4, 0.5) is 0 Å². The average Bonchev–Trinajstić information content (AvgIpc) is 2.39. The fraction of sp³-hybridized carbons (Fsp3) is 0.200. The summed E-state index contributed by atoms with van der Waals surface area (Å²) in [5.41, 5.74) is 2.46. The Labute approximate surface area is 101 Å². The number of pyridine rings is 1. The Kier molecular flexibility index (Phi) is 3.33. The minimum absolute atomic E-state index is 0.105. The third-order valence-corrected chi connectivity index (χ3v) is 2.91. The number of nitrogens with zero attached hydrogens (tertiary/aromatic N) is 1. The fourth-order valence-corrected chi connectivity index (χ4v) is 1.97. The summed E-state index contributed by atoms with van der Waals surface area (Å²) < 4.78 is 0. The van der Waals surface area contributed by atoms with E-state index in [1.54, 1.807) is 6.20 Å². The van der Waals surface area contributed by atoms with Crippen LogP contribution < -0.4 is 0 Å². The van der Waals surface area contributed by atoms with Crippen molar-refractivity contribution in [1.82, 2.24) is 4.98 Å². The largest absolute Gasteiger partial charge is 0.289 e. The van der Waals surface area contributed by atoms with E-state index in [-0.39, 0.29) is 5.78 Å². The number of benzene rings is 1. The van der Waals surface area contributed by atoms with Gasteiger partial charge in [-0.1, -0.05) is 31.2 Å². The molecule has 0 N–H and O–H groups in total. The molecule has 0 aliphatic carbocycles. The van der Waals surface area contributed by atoms with Gasteiger partial charge >= 0.3 is 0 Å². The average molecular weight is 225 g/mol. The highest BCUT2D eigenvalue weighted by molar-refractivity contribution is 6.15. The third-order valence-electron chi connectivity index (χ3n) is 2.91. The molecule has 1 aromatic carbocycles. The van der Waals surface area contributed by atoms with Crippen LogP contribution in [0.1, 0.15) is 30.6 Å². The summed E-state index contributed by atoms with van der Waals surface area (Å²) in [5, 5.41) is 0.924. The lowest BCUT2D eigenvalue weighted by atomic mass is 9.98. The number of fused-ring (bicyclic) bond motifs is 1. The highest BCUT2D eigenvalue weighted by atomic mass is 16.1. The SMILES string of the molecule is C/C=C(/CC)C(=O)c1cccc2ncccc12. The van der Waals surface area contributed by atoms with Crippen LogP contribution in [0.3, 0.4) is 0 Å². The van der Waals surface area contributed by atoms with E-state index in [9.17, 15) is 4.79 Å². The molecule has 1 aromatic heterocycles. The molecule has 0 aliphatic heterocycles. The minimum Gasteiger partial charge on any atom is -0.289 e. The number of hydrogen-bond acceptors (Lipinski definition) is 2. The maximum absolute atomic E-state index is 12.3. The second kappa shape index (κ2) is 4.91. The second-order valence-corrected chi connectivity index (χ2v) is 3.87. The van der Waals surface area contributed by atoms with Crippen molar-refractivity contribution in [2.75, 3.05) is 0 Å². The molecule has 2 heteroatoms. The maximum Gasteiger partial charge on any atom is 0.189 e. The summed E-state index contributed by atoms with van der Waals surface area (Å²) in [4.78, 5) is 16.6. The van der Waals surface area contributed by atoms with Gasteiger partial charge in [0.05, 0.1) is 5.52 Å². The van der Waals surface area contributed by atoms with E-state index >= 15 is 0 Å². The van der Waals surface area contributed by atoms with E-state index in [0.29, 0.717) is 0 Å². The van der Waals surface area contributed by atoms with Crippen LogP contribution in [0.15, 0.2) is 48.2 Å². The van der Waals surface area contributed by atoms with Crippen molar-refractivity contribution in [2.45, 2.75) is 20.3 Å². The minimum atomic E-state index is 0.105. The van der Waals surface area contributed by atoms with Crippen LogP contribution >= 0.6 is 0 Å². The topological polar surface area (TPSA) is 30.0 Å². The molecule has 0 atom stereocenters. The van der Waals surface area contributed by atoms with E-state index in [1.807, 2.05) is 50.3 Å². The van der Waals surface area contributed by atoms with Crippen molar-refractivity contribution in [1.29, 1.82) is 0 Å². The van der Waals surface area contributed by atoms with Gasteiger partial charge in [0, 0.05) is 17.1 Å². The number of rotatable bonds is 3. The standard InChI is InChI=1S/C15H15NO/c1-3-11(4-2)15(17)13-7-5-9-14-12(13)8-6-10-16-14/h3,5-10H,4H2,1-2H3/b11-3-. The zero-order valence-corrected chi connectivity index (χ0v) is 10.1. The highest BCUT2D eigenvalue weighted by Gasteiger charge is 2.12. The van der Waals surface area contributed by atoms with Gasteiger partial charge in [-0.15, -0.1) is 0 Å². The highest BCUT2D eigenvalue weighted by Crippen LogP contribution is 2.20. The van der Waals surface area contributed by atoms with Crippen molar-refractivity contribution < 1.29 is 4.79 Å². The van der Waals surface area contributed by atoms with Crippen molar-refractivity contribution in [3.63, 3.8) is 0 Å². The van der Waals surface area contributed by atoms with Crippen molar-refractivity contribution >= 4 is 16.7 Å². The second-order valence-electron chi connectivity index (χ2n) is 3.87. The number of allylic oxidation sites excluding steroid dienone is 2. The lowest BCUT2D eigenvalue weighted by Crippen LogP contribution is -2.03. The zero-order valence-electron chi connectivity index (χ0n) is 10.1. The first kappa shape index (κ1) is 11.5. The Morgan fingerprint density at radius 1 is 1.29 bits per heavy atom. The third kappa shape index (κ3) is 2.11. The van der Waals surface area contributed by atoms with E-state index in [1.165, 1.54) is 0 Å². The number of aromatic nitrogens is 1. The molecule has 2 nitrogen and oxygen atoms in total. The molecule has 0 amide bonds. The van der Waals surface area contributed by atoms with Crippen LogP contribution in [0.5, 0.6) is 0 Å². The fourth-order valence-electron chi connectivity index (χ4n) is 1.97. The molecule has 0 radical (unpaired) electrons. The van der Waals surface area contributed by atoms with Gasteiger partial charge in [0.25, 0.3) is 0 Å². The molecule has 1 heterocycles. The molecule has 17 heavy (non-hydrogen) atoms. The van der Waals surface area contributed by atoms with Gasteiger partial charge in [-0.3, -0.25) is 9.78 Å². The van der Waals surface area contributed by atoms with E-state index < -0.39 is 0 Å². The van der Waals surface area contributed by atoms with Gasteiger partial charge in [0.15, 0.2) is 5.78 Å². The molecule has 0 saturated carbocycles. The Hall–Kier alpha value is -1.96. The number of Topliss-reactive ketones (excluding diaryl/α,β-unsaturated/α-hetero) is 1. The number of hydrogen-bond donors (Lipinski definition) is 0. The summed E-state index contributed by atoms with van der Waals surface area (Å²) in [6.45, 7) is 3.90. The number of carbonyl (C=O) groups excluding carboxylic acids is 1. The molecule has 2 rings (SSSR count). The molecule has 0 bridgehead atoms. The smallest absolute Gasteiger partial charge is 0.189 e. The summed E-state index contributed by atoms with van der Waals surface area (Å²) >= 11 is 0. The summed E-state index contributed by atoms with van der Waals surface area (Å²) in [5.74, 6) is 0.105. The normalized spacial score (nSPS) is 11.8. The van der Waals surface area contributed by atoms with Crippen LogP contribution in [-0.4, -0.2) is 10.8 Å². The first-order valence-electron chi connectivity index (χ1n) is 5.81. The zero-order chi connectivity index (χ0) is 12.3. The number of carbonyl (C=O) groups is 1. The van der Waals surface area contributed by atoms with Gasteiger partial charge in [0.2, 0.25) is 0 Å². The molecule has 2 aromatic rings. The van der Waals surface area contributed by atoms with Crippen molar-refractivity contribution in [3.8, 4) is 0 Å². The molecule has 0 spiro atoms. The predicted octanol–water partition coefficient (Wildman–Crippen LogP) is 3.77. The Morgan fingerprint density at radius 3 is 2.82 bits per heavy atom. The van der Waals surface area contributed by atoms with Gasteiger partial charge in [0.1, 0.15) is 0 Å². The quantitative estimate of drug-likeness (QED) is 0.588. The first-order chi connectivity index (χ1) is 8.27. The molecule has 0 unspecified atom stereocenters. The molecule has 86 valence electrons. The van der Waals surface area contributed by atoms with Crippen molar-refractivity contribution in [2.24, 2.45) is 0 Å². The van der Waals surface area contributed by atoms with Crippen LogP contribution in [-0.2, 0) is 0 Å². The summed E-state index contributed by atoms with van der Waals surface area (Å²) in [7, 11) is 0. The number of ketones is 1. The van der Waals surface area contributed by atoms with Crippen LogP contribution in [0.2, 0.25) is 0 Å². The monoisotopic (exact) mass is 225 g/mol. The van der Waals surface area contributed by atoms with E-state index in [0.717, 1.165) is 28.5 Å². The summed E-state index contributed by atoms with van der Waals surface area (Å²) in [6, 6.07) is 9.48. The van der Waals surface area contributed by atoms with Crippen LogP contribution in [0, 0.1) is 0 Å². The lowest BCUT2D eigenvalue weighted by Gasteiger charge is -2.06. The molecule has 0 aliphatic rings. The molecular weight excluding hydrogens is 210 g/mol. The Morgan fingerprint density at radius 2 is 2.12 bits per heavy atom. The molecule has 0 saturated heterocycles. The lowest BCUT2D eigenvalue weighted by molar-refractivity contribution is 0.103. The molecule has 0 fully saturated rings.